The number of nitrogens with zero attached hydrogens (tertiary/aromatic N) is 2. The van der Waals surface area contributed by atoms with Crippen LogP contribution in [0, 0.1) is 0 Å². The van der Waals surface area contributed by atoms with E-state index in [0.29, 0.717) is 20.8 Å². The summed E-state index contributed by atoms with van der Waals surface area (Å²) in [5, 5.41) is 0.134. The van der Waals surface area contributed by atoms with Crippen molar-refractivity contribution in [2.24, 2.45) is 0 Å². The van der Waals surface area contributed by atoms with E-state index in [1.807, 2.05) is 24.3 Å². The molecule has 4 nitrogen and oxygen atoms in total. The fourth-order valence-electron chi connectivity index (χ4n) is 3.21. The molecule has 0 aliphatic heterocycles. The third-order valence-electron chi connectivity index (χ3n) is 4.60. The number of alkyl halides is 3. The molecule has 0 saturated heterocycles. The Morgan fingerprint density at radius 1 is 1.10 bits per heavy atom. The van der Waals surface area contributed by atoms with Crippen molar-refractivity contribution < 1.29 is 17.6 Å². The van der Waals surface area contributed by atoms with Crippen LogP contribution in [0.4, 0.5) is 13.2 Å². The minimum atomic E-state index is -4.49. The van der Waals surface area contributed by atoms with Crippen LogP contribution in [0.2, 0.25) is 5.02 Å². The third-order valence-corrected chi connectivity index (χ3v) is 5.90. The number of hydrogen-bond donors (Lipinski definition) is 0. The first kappa shape index (κ1) is 18.9. The van der Waals surface area contributed by atoms with Gasteiger partial charge in [-0.2, -0.15) is 13.2 Å². The van der Waals surface area contributed by atoms with Crippen LogP contribution in [0.15, 0.2) is 63.8 Å². The Morgan fingerprint density at radius 2 is 1.90 bits per heavy atom. The van der Waals surface area contributed by atoms with Gasteiger partial charge in [0.15, 0.2) is 4.96 Å². The van der Waals surface area contributed by atoms with Gasteiger partial charge >= 0.3 is 6.18 Å². The van der Waals surface area contributed by atoms with E-state index in [1.165, 1.54) is 27.9 Å². The summed E-state index contributed by atoms with van der Waals surface area (Å²) in [5.41, 5.74) is 0.507. The van der Waals surface area contributed by atoms with Gasteiger partial charge in [-0.1, -0.05) is 35.1 Å². The Bertz CT molecular complexity index is 1530. The van der Waals surface area contributed by atoms with Crippen molar-refractivity contribution in [2.75, 3.05) is 0 Å². The summed E-state index contributed by atoms with van der Waals surface area (Å²) >= 11 is 7.28. The smallest absolute Gasteiger partial charge is 0.416 e. The van der Waals surface area contributed by atoms with Gasteiger partial charge in [0.2, 0.25) is 0 Å². The number of hydrogen-bond acceptors (Lipinski definition) is 4. The van der Waals surface area contributed by atoms with E-state index in [0.717, 1.165) is 17.6 Å². The van der Waals surface area contributed by atoms with E-state index in [4.69, 9.17) is 16.0 Å². The van der Waals surface area contributed by atoms with E-state index in [-0.39, 0.29) is 21.9 Å². The Morgan fingerprint density at radius 3 is 2.70 bits per heavy atom. The molecule has 30 heavy (non-hydrogen) atoms. The van der Waals surface area contributed by atoms with Crippen LogP contribution in [0.1, 0.15) is 11.3 Å². The Hall–Kier alpha value is -3.10. The number of thiazole rings is 1. The standard InChI is InChI=1S/C21H10ClF3N2O2S/c22-14-7-5-11(21(23,24)25)9-13(14)17-8-6-12(29-17)10-18-19(28)27-16-4-2-1-3-15(16)26-20(27)30-18/h1-10H/b18-10+. The third kappa shape index (κ3) is 3.09. The number of halogens is 4. The number of aromatic nitrogens is 2. The SMILES string of the molecule is O=c1/c(=C\c2ccc(-c3cc(C(F)(F)F)ccc3Cl)o2)sc2nc3ccccc3n12. The molecule has 0 spiro atoms. The first-order valence-corrected chi connectivity index (χ1v) is 9.89. The molecule has 150 valence electrons. The van der Waals surface area contributed by atoms with Gasteiger partial charge in [0.05, 0.1) is 21.6 Å². The highest BCUT2D eigenvalue weighted by molar-refractivity contribution is 7.15. The average molecular weight is 447 g/mol. The molecule has 0 aliphatic rings. The molecule has 0 saturated carbocycles. The monoisotopic (exact) mass is 446 g/mol. The zero-order valence-corrected chi connectivity index (χ0v) is 16.5. The van der Waals surface area contributed by atoms with Crippen molar-refractivity contribution in [3.05, 3.63) is 85.8 Å². The van der Waals surface area contributed by atoms with E-state index in [1.54, 1.807) is 12.1 Å². The number of benzene rings is 2. The van der Waals surface area contributed by atoms with Crippen LogP contribution >= 0.6 is 22.9 Å². The molecule has 5 aromatic rings. The highest BCUT2D eigenvalue weighted by Gasteiger charge is 2.31. The molecule has 2 aromatic carbocycles. The fraction of sp³-hybridized carbons (Fsp3) is 0.0476. The van der Waals surface area contributed by atoms with Crippen LogP contribution in [0.25, 0.3) is 33.4 Å². The van der Waals surface area contributed by atoms with Gasteiger partial charge in [0, 0.05) is 11.6 Å². The zero-order chi connectivity index (χ0) is 21.0. The molecule has 0 unspecified atom stereocenters. The second-order valence-corrected chi connectivity index (χ2v) is 7.95. The lowest BCUT2D eigenvalue weighted by molar-refractivity contribution is -0.137. The summed E-state index contributed by atoms with van der Waals surface area (Å²) in [6.07, 6.45) is -2.95. The molecule has 0 amide bonds. The molecular weight excluding hydrogens is 437 g/mol. The minimum absolute atomic E-state index is 0.125. The summed E-state index contributed by atoms with van der Waals surface area (Å²) in [5.74, 6) is 0.501. The van der Waals surface area contributed by atoms with Gasteiger partial charge in [-0.15, -0.1) is 0 Å². The molecule has 0 atom stereocenters. The number of para-hydroxylation sites is 2. The predicted octanol–water partition coefficient (Wildman–Crippen LogP) is 5.39. The Kier molecular flexibility index (Phi) is 4.23. The van der Waals surface area contributed by atoms with Gasteiger partial charge < -0.3 is 4.42 Å². The van der Waals surface area contributed by atoms with Crippen molar-refractivity contribution in [3.63, 3.8) is 0 Å². The van der Waals surface area contributed by atoms with Gasteiger partial charge in [-0.05, 0) is 42.5 Å². The lowest BCUT2D eigenvalue weighted by Crippen LogP contribution is -2.22. The van der Waals surface area contributed by atoms with Crippen molar-refractivity contribution in [3.8, 4) is 11.3 Å². The number of furan rings is 1. The molecule has 0 aliphatic carbocycles. The molecule has 0 fully saturated rings. The van der Waals surface area contributed by atoms with Crippen molar-refractivity contribution in [1.29, 1.82) is 0 Å². The van der Waals surface area contributed by atoms with Crippen molar-refractivity contribution in [2.45, 2.75) is 6.18 Å². The van der Waals surface area contributed by atoms with Gasteiger partial charge in [0.1, 0.15) is 16.1 Å². The molecule has 0 bridgehead atoms. The summed E-state index contributed by atoms with van der Waals surface area (Å²) in [7, 11) is 0. The van der Waals surface area contributed by atoms with Crippen LogP contribution in [0.5, 0.6) is 0 Å². The quantitative estimate of drug-likeness (QED) is 0.365. The highest BCUT2D eigenvalue weighted by Crippen LogP contribution is 2.36. The molecule has 3 aromatic heterocycles. The number of imidazole rings is 1. The summed E-state index contributed by atoms with van der Waals surface area (Å²) in [6.45, 7) is 0. The first-order valence-electron chi connectivity index (χ1n) is 8.70. The maximum absolute atomic E-state index is 13.0. The Balaban J connectivity index is 1.59. The van der Waals surface area contributed by atoms with Crippen LogP contribution in [0.3, 0.4) is 0 Å². The molecular formula is C21H10ClF3N2O2S. The lowest BCUT2D eigenvalue weighted by atomic mass is 10.1. The van der Waals surface area contributed by atoms with Gasteiger partial charge in [-0.25, -0.2) is 9.38 Å². The van der Waals surface area contributed by atoms with Crippen LogP contribution < -0.4 is 10.1 Å². The second kappa shape index (κ2) is 6.72. The fourth-order valence-corrected chi connectivity index (χ4v) is 4.38. The number of rotatable bonds is 2. The molecule has 9 heteroatoms. The Labute approximate surface area is 175 Å². The van der Waals surface area contributed by atoms with Crippen LogP contribution in [-0.4, -0.2) is 9.38 Å². The summed E-state index contributed by atoms with van der Waals surface area (Å²) in [6, 6.07) is 13.4. The minimum Gasteiger partial charge on any atom is -0.457 e. The lowest BCUT2D eigenvalue weighted by Gasteiger charge is -2.09. The summed E-state index contributed by atoms with van der Waals surface area (Å²) < 4.78 is 46.6. The van der Waals surface area contributed by atoms with Crippen molar-refractivity contribution >= 4 is 45.0 Å². The molecule has 5 rings (SSSR count). The number of fused-ring (bicyclic) bond motifs is 3. The molecule has 0 radical (unpaired) electrons. The maximum atomic E-state index is 13.0. The molecule has 0 N–H and O–H groups in total. The van der Waals surface area contributed by atoms with Gasteiger partial charge in [0.25, 0.3) is 5.56 Å². The predicted molar refractivity (Wildman–Crippen MR) is 110 cm³/mol. The van der Waals surface area contributed by atoms with E-state index < -0.39 is 11.7 Å². The summed E-state index contributed by atoms with van der Waals surface area (Å²) in [4.78, 5) is 17.8. The zero-order valence-electron chi connectivity index (χ0n) is 14.9. The second-order valence-electron chi connectivity index (χ2n) is 6.53. The topological polar surface area (TPSA) is 47.5 Å². The largest absolute Gasteiger partial charge is 0.457 e. The van der Waals surface area contributed by atoms with E-state index >= 15 is 0 Å². The maximum Gasteiger partial charge on any atom is 0.416 e. The highest BCUT2D eigenvalue weighted by atomic mass is 35.5. The van der Waals surface area contributed by atoms with Gasteiger partial charge in [-0.3, -0.25) is 4.79 Å². The normalized spacial score (nSPS) is 13.0. The van der Waals surface area contributed by atoms with Crippen molar-refractivity contribution in [1.82, 2.24) is 9.38 Å². The van der Waals surface area contributed by atoms with Crippen LogP contribution in [-0.2, 0) is 6.18 Å². The first-order chi connectivity index (χ1) is 14.3. The van der Waals surface area contributed by atoms with E-state index in [9.17, 15) is 18.0 Å². The molecule has 3 heterocycles. The van der Waals surface area contributed by atoms with E-state index in [2.05, 4.69) is 4.98 Å². The average Bonchev–Trinajstić information content (AvgIpc) is 3.37.